The second-order valence-corrected chi connectivity index (χ2v) is 8.64. The highest BCUT2D eigenvalue weighted by atomic mass is 35.5. The Morgan fingerprint density at radius 1 is 1.13 bits per heavy atom. The zero-order valence-corrected chi connectivity index (χ0v) is 18.9. The van der Waals surface area contributed by atoms with Gasteiger partial charge in [0.1, 0.15) is 10.8 Å². The van der Waals surface area contributed by atoms with E-state index in [-0.39, 0.29) is 24.4 Å². The Balaban J connectivity index is 1.50. The molecule has 0 saturated heterocycles. The number of hydrogen-bond donors (Lipinski definition) is 1. The number of amides is 1. The second kappa shape index (κ2) is 9.18. The molecule has 0 aliphatic carbocycles. The van der Waals surface area contributed by atoms with E-state index in [4.69, 9.17) is 23.2 Å². The summed E-state index contributed by atoms with van der Waals surface area (Å²) in [7, 11) is 0. The molecule has 2 aromatic carbocycles. The maximum atomic E-state index is 12.9. The number of aromatic nitrogens is 3. The number of benzene rings is 2. The Morgan fingerprint density at radius 2 is 1.94 bits per heavy atom. The van der Waals surface area contributed by atoms with E-state index in [1.165, 1.54) is 11.3 Å². The van der Waals surface area contributed by atoms with Crippen molar-refractivity contribution in [3.63, 3.8) is 0 Å². The zero-order chi connectivity index (χ0) is 22.0. The first-order chi connectivity index (χ1) is 14.9. The lowest BCUT2D eigenvalue weighted by Crippen LogP contribution is -2.33. The van der Waals surface area contributed by atoms with Crippen LogP contribution in [0, 0.1) is 0 Å². The van der Waals surface area contributed by atoms with E-state index in [2.05, 4.69) is 15.0 Å². The van der Waals surface area contributed by atoms with Crippen molar-refractivity contribution in [3.8, 4) is 10.6 Å². The van der Waals surface area contributed by atoms with Crippen molar-refractivity contribution < 1.29 is 4.79 Å². The molecule has 2 heterocycles. The fourth-order valence-corrected chi connectivity index (χ4v) is 4.38. The first-order valence-corrected chi connectivity index (χ1v) is 11.2. The molecule has 0 unspecified atom stereocenters. The van der Waals surface area contributed by atoms with Crippen molar-refractivity contribution in [2.24, 2.45) is 0 Å². The number of likely N-dealkylation sites (N-methyl/N-ethyl adjacent to an activating group) is 1. The number of hydrogen-bond acceptors (Lipinski definition) is 5. The van der Waals surface area contributed by atoms with E-state index >= 15 is 0 Å². The molecule has 4 aromatic rings. The summed E-state index contributed by atoms with van der Waals surface area (Å²) in [5.41, 5.74) is 1.85. The van der Waals surface area contributed by atoms with Crippen LogP contribution in [0.4, 0.5) is 0 Å². The Labute approximate surface area is 192 Å². The van der Waals surface area contributed by atoms with Crippen molar-refractivity contribution in [2.45, 2.75) is 19.9 Å². The molecule has 0 atom stereocenters. The average molecular weight is 473 g/mol. The highest BCUT2D eigenvalue weighted by Gasteiger charge is 2.17. The van der Waals surface area contributed by atoms with Crippen molar-refractivity contribution >= 4 is 51.3 Å². The SMILES string of the molecule is CCN(Cc1nc2cc(Cl)ccc2c(=O)[nH]1)C(=O)Cc1csc(-c2cccc(Cl)c2)n1. The molecule has 6 nitrogen and oxygen atoms in total. The summed E-state index contributed by atoms with van der Waals surface area (Å²) < 4.78 is 0. The van der Waals surface area contributed by atoms with Gasteiger partial charge in [-0.1, -0.05) is 35.3 Å². The number of halogens is 2. The molecule has 0 aliphatic heterocycles. The van der Waals surface area contributed by atoms with Gasteiger partial charge in [0.15, 0.2) is 0 Å². The van der Waals surface area contributed by atoms with Crippen molar-refractivity contribution in [2.75, 3.05) is 6.54 Å². The third-order valence-electron chi connectivity index (χ3n) is 4.75. The summed E-state index contributed by atoms with van der Waals surface area (Å²) in [5.74, 6) is 0.312. The lowest BCUT2D eigenvalue weighted by Gasteiger charge is -2.20. The molecule has 0 spiro atoms. The summed E-state index contributed by atoms with van der Waals surface area (Å²) in [6.07, 6.45) is 0.161. The summed E-state index contributed by atoms with van der Waals surface area (Å²) in [6, 6.07) is 12.4. The third kappa shape index (κ3) is 4.95. The van der Waals surface area contributed by atoms with Crippen LogP contribution < -0.4 is 5.56 Å². The predicted octanol–water partition coefficient (Wildman–Crippen LogP) is 4.94. The largest absolute Gasteiger partial charge is 0.335 e. The number of thiazole rings is 1. The van der Waals surface area contributed by atoms with E-state index < -0.39 is 0 Å². The van der Waals surface area contributed by atoms with Crippen LogP contribution in [0.5, 0.6) is 0 Å². The van der Waals surface area contributed by atoms with Crippen LogP contribution in [0.15, 0.2) is 52.6 Å². The van der Waals surface area contributed by atoms with Gasteiger partial charge in [-0.2, -0.15) is 0 Å². The Morgan fingerprint density at radius 3 is 2.71 bits per heavy atom. The highest BCUT2D eigenvalue weighted by molar-refractivity contribution is 7.13. The summed E-state index contributed by atoms with van der Waals surface area (Å²) >= 11 is 13.5. The first kappa shape index (κ1) is 21.5. The van der Waals surface area contributed by atoms with Gasteiger partial charge < -0.3 is 9.88 Å². The maximum Gasteiger partial charge on any atom is 0.258 e. The molecule has 4 rings (SSSR count). The molecule has 0 aliphatic rings. The smallest absolute Gasteiger partial charge is 0.258 e. The number of fused-ring (bicyclic) bond motifs is 1. The molecule has 0 bridgehead atoms. The van der Waals surface area contributed by atoms with Gasteiger partial charge in [0.2, 0.25) is 5.91 Å². The van der Waals surface area contributed by atoms with Gasteiger partial charge in [0.05, 0.1) is 29.6 Å². The summed E-state index contributed by atoms with van der Waals surface area (Å²) in [6.45, 7) is 2.55. The van der Waals surface area contributed by atoms with Crippen molar-refractivity contribution in [3.05, 3.63) is 79.8 Å². The minimum absolute atomic E-state index is 0.0979. The Kier molecular flexibility index (Phi) is 6.36. The average Bonchev–Trinajstić information content (AvgIpc) is 3.20. The molecule has 0 fully saturated rings. The number of nitrogens with one attached hydrogen (secondary N) is 1. The number of carbonyl (C=O) groups is 1. The molecule has 2 aromatic heterocycles. The van der Waals surface area contributed by atoms with Gasteiger partial charge in [-0.3, -0.25) is 9.59 Å². The van der Waals surface area contributed by atoms with E-state index in [1.54, 1.807) is 29.2 Å². The van der Waals surface area contributed by atoms with Gasteiger partial charge >= 0.3 is 0 Å². The Hall–Kier alpha value is -2.74. The monoisotopic (exact) mass is 472 g/mol. The van der Waals surface area contributed by atoms with E-state index in [9.17, 15) is 9.59 Å². The number of H-pyrrole nitrogens is 1. The fraction of sp³-hybridized carbons (Fsp3) is 0.182. The molecule has 0 saturated carbocycles. The van der Waals surface area contributed by atoms with E-state index in [1.807, 2.05) is 30.5 Å². The minimum atomic E-state index is -0.258. The van der Waals surface area contributed by atoms with Crippen LogP contribution in [-0.2, 0) is 17.8 Å². The molecule has 1 N–H and O–H groups in total. The quantitative estimate of drug-likeness (QED) is 0.430. The predicted molar refractivity (Wildman–Crippen MR) is 125 cm³/mol. The Bertz CT molecular complexity index is 1320. The maximum absolute atomic E-state index is 12.9. The molecule has 9 heteroatoms. The van der Waals surface area contributed by atoms with Crippen LogP contribution >= 0.6 is 34.5 Å². The number of aromatic amines is 1. The zero-order valence-electron chi connectivity index (χ0n) is 16.6. The highest BCUT2D eigenvalue weighted by Crippen LogP contribution is 2.26. The van der Waals surface area contributed by atoms with Crippen LogP contribution in [0.3, 0.4) is 0 Å². The molecule has 0 radical (unpaired) electrons. The first-order valence-electron chi connectivity index (χ1n) is 9.59. The van der Waals surface area contributed by atoms with Crippen LogP contribution in [0.1, 0.15) is 18.4 Å². The van der Waals surface area contributed by atoms with Gasteiger partial charge in [-0.05, 0) is 37.3 Å². The fourth-order valence-electron chi connectivity index (χ4n) is 3.20. The normalized spacial score (nSPS) is 11.1. The van der Waals surface area contributed by atoms with Gasteiger partial charge in [-0.25, -0.2) is 9.97 Å². The summed E-state index contributed by atoms with van der Waals surface area (Å²) in [5, 5.41) is 4.28. The number of carbonyl (C=O) groups excluding carboxylic acids is 1. The van der Waals surface area contributed by atoms with Crippen LogP contribution in [0.2, 0.25) is 10.0 Å². The molecule has 31 heavy (non-hydrogen) atoms. The lowest BCUT2D eigenvalue weighted by molar-refractivity contribution is -0.131. The molecule has 1 amide bonds. The minimum Gasteiger partial charge on any atom is -0.335 e. The topological polar surface area (TPSA) is 79.0 Å². The second-order valence-electron chi connectivity index (χ2n) is 6.91. The molecular formula is C22H18Cl2N4O2S. The third-order valence-corrected chi connectivity index (χ3v) is 6.16. The number of nitrogens with zero attached hydrogens (tertiary/aromatic N) is 3. The van der Waals surface area contributed by atoms with Crippen LogP contribution in [-0.4, -0.2) is 32.3 Å². The number of rotatable bonds is 6. The molecule has 158 valence electrons. The van der Waals surface area contributed by atoms with Gasteiger partial charge in [0.25, 0.3) is 5.56 Å². The standard InChI is InChI=1S/C22H18Cl2N4O2S/c1-2-28(11-19-26-18-9-15(24)6-7-17(18)21(30)27-19)20(29)10-16-12-31-22(25-16)13-4-3-5-14(23)8-13/h3-9,12H,2,10-11H2,1H3,(H,26,27,30). The van der Waals surface area contributed by atoms with Crippen molar-refractivity contribution in [1.82, 2.24) is 19.9 Å². The van der Waals surface area contributed by atoms with Gasteiger partial charge in [0, 0.05) is 27.5 Å². The lowest BCUT2D eigenvalue weighted by atomic mass is 10.2. The summed E-state index contributed by atoms with van der Waals surface area (Å²) in [4.78, 5) is 38.6. The van der Waals surface area contributed by atoms with E-state index in [0.29, 0.717) is 39.0 Å². The van der Waals surface area contributed by atoms with Gasteiger partial charge in [-0.15, -0.1) is 11.3 Å². The van der Waals surface area contributed by atoms with E-state index in [0.717, 1.165) is 10.6 Å². The van der Waals surface area contributed by atoms with Crippen LogP contribution in [0.25, 0.3) is 21.5 Å². The van der Waals surface area contributed by atoms with Crippen molar-refractivity contribution in [1.29, 1.82) is 0 Å². The molecular weight excluding hydrogens is 455 g/mol.